The van der Waals surface area contributed by atoms with Crippen LogP contribution in [0.25, 0.3) is 11.0 Å². The highest BCUT2D eigenvalue weighted by atomic mass is 19.4. The molecule has 0 aliphatic carbocycles. The first-order valence-electron chi connectivity index (χ1n) is 4.89. The molecule has 7 heteroatoms. The van der Waals surface area contributed by atoms with Gasteiger partial charge in [-0.2, -0.15) is 13.2 Å². The van der Waals surface area contributed by atoms with Gasteiger partial charge in [0.2, 0.25) is 0 Å². The summed E-state index contributed by atoms with van der Waals surface area (Å²) >= 11 is 0. The van der Waals surface area contributed by atoms with Crippen molar-refractivity contribution < 1.29 is 18.3 Å². The first kappa shape index (κ1) is 11.8. The molecule has 0 radical (unpaired) electrons. The molecule has 0 spiro atoms. The molecule has 2 rings (SSSR count). The van der Waals surface area contributed by atoms with E-state index in [1.165, 1.54) is 24.6 Å². The summed E-state index contributed by atoms with van der Waals surface area (Å²) in [5.41, 5.74) is -0.932. The van der Waals surface area contributed by atoms with Gasteiger partial charge in [-0.3, -0.25) is 0 Å². The molecule has 1 atom stereocenters. The minimum atomic E-state index is -4.54. The SMILES string of the molecule is C[C@H](O)c1nc2ccnc(C(F)(F)F)c2n1C. The van der Waals surface area contributed by atoms with Crippen molar-refractivity contribution in [1.29, 1.82) is 0 Å². The summed E-state index contributed by atoms with van der Waals surface area (Å²) in [7, 11) is 1.42. The number of aliphatic hydroxyl groups is 1. The van der Waals surface area contributed by atoms with Gasteiger partial charge in [-0.1, -0.05) is 0 Å². The van der Waals surface area contributed by atoms with E-state index in [9.17, 15) is 18.3 Å². The van der Waals surface area contributed by atoms with Crippen molar-refractivity contribution in [1.82, 2.24) is 14.5 Å². The number of hydrogen-bond acceptors (Lipinski definition) is 3. The molecule has 0 amide bonds. The number of pyridine rings is 1. The summed E-state index contributed by atoms with van der Waals surface area (Å²) in [5.74, 6) is 0.179. The molecule has 0 unspecified atom stereocenters. The first-order chi connectivity index (χ1) is 7.82. The van der Waals surface area contributed by atoms with Crippen molar-refractivity contribution in [3.63, 3.8) is 0 Å². The molecule has 17 heavy (non-hydrogen) atoms. The van der Waals surface area contributed by atoms with Crippen LogP contribution in [0, 0.1) is 0 Å². The average Bonchev–Trinajstić information content (AvgIpc) is 2.55. The number of nitrogens with zero attached hydrogens (tertiary/aromatic N) is 3. The van der Waals surface area contributed by atoms with Crippen LogP contribution in [-0.4, -0.2) is 19.6 Å². The molecule has 0 aliphatic heterocycles. The Bertz CT molecular complexity index is 560. The largest absolute Gasteiger partial charge is 0.435 e. The number of alkyl halides is 3. The van der Waals surface area contributed by atoms with Gasteiger partial charge in [0.25, 0.3) is 0 Å². The molecule has 2 heterocycles. The topological polar surface area (TPSA) is 50.9 Å². The lowest BCUT2D eigenvalue weighted by Crippen LogP contribution is -2.11. The maximum atomic E-state index is 12.7. The number of fused-ring (bicyclic) bond motifs is 1. The van der Waals surface area contributed by atoms with Gasteiger partial charge >= 0.3 is 6.18 Å². The van der Waals surface area contributed by atoms with Crippen LogP contribution in [0.15, 0.2) is 12.3 Å². The Balaban J connectivity index is 2.80. The quantitative estimate of drug-likeness (QED) is 0.836. The van der Waals surface area contributed by atoms with Gasteiger partial charge in [-0.15, -0.1) is 0 Å². The first-order valence-corrected chi connectivity index (χ1v) is 4.89. The van der Waals surface area contributed by atoms with Crippen LogP contribution >= 0.6 is 0 Å². The molecule has 0 aromatic carbocycles. The molecule has 0 saturated carbocycles. The van der Waals surface area contributed by atoms with Gasteiger partial charge in [-0.25, -0.2) is 9.97 Å². The minimum Gasteiger partial charge on any atom is -0.385 e. The van der Waals surface area contributed by atoms with Crippen LogP contribution < -0.4 is 0 Å². The van der Waals surface area contributed by atoms with Gasteiger partial charge in [-0.05, 0) is 13.0 Å². The average molecular weight is 245 g/mol. The Labute approximate surface area is 94.7 Å². The molecule has 4 nitrogen and oxygen atoms in total. The third kappa shape index (κ3) is 1.86. The van der Waals surface area contributed by atoms with Crippen molar-refractivity contribution >= 4 is 11.0 Å². The number of rotatable bonds is 1. The third-order valence-electron chi connectivity index (χ3n) is 2.46. The van der Waals surface area contributed by atoms with E-state index in [4.69, 9.17) is 0 Å². The van der Waals surface area contributed by atoms with E-state index in [0.717, 1.165) is 6.20 Å². The molecule has 0 bridgehead atoms. The third-order valence-corrected chi connectivity index (χ3v) is 2.46. The molecule has 1 N–H and O–H groups in total. The summed E-state index contributed by atoms with van der Waals surface area (Å²) in [4.78, 5) is 7.30. The number of hydrogen-bond donors (Lipinski definition) is 1. The lowest BCUT2D eigenvalue weighted by atomic mass is 10.3. The minimum absolute atomic E-state index is 0.115. The number of aliphatic hydroxyl groups excluding tert-OH is 1. The second-order valence-electron chi connectivity index (χ2n) is 3.73. The fourth-order valence-electron chi connectivity index (χ4n) is 1.76. The monoisotopic (exact) mass is 245 g/mol. The van der Waals surface area contributed by atoms with Crippen LogP contribution in [0.3, 0.4) is 0 Å². The van der Waals surface area contributed by atoms with E-state index >= 15 is 0 Å². The predicted octanol–water partition coefficient (Wildman–Crippen LogP) is 2.04. The van der Waals surface area contributed by atoms with Crippen LogP contribution in [-0.2, 0) is 13.2 Å². The van der Waals surface area contributed by atoms with Gasteiger partial charge in [0.1, 0.15) is 11.9 Å². The van der Waals surface area contributed by atoms with Gasteiger partial charge in [0, 0.05) is 13.2 Å². The molecule has 0 saturated heterocycles. The van der Waals surface area contributed by atoms with Crippen molar-refractivity contribution in [3.8, 4) is 0 Å². The highest BCUT2D eigenvalue weighted by molar-refractivity contribution is 5.78. The van der Waals surface area contributed by atoms with E-state index in [1.54, 1.807) is 0 Å². The van der Waals surface area contributed by atoms with Crippen LogP contribution in [0.2, 0.25) is 0 Å². The Kier molecular flexibility index (Phi) is 2.57. The molecule has 2 aromatic heterocycles. The molecule has 92 valence electrons. The van der Waals surface area contributed by atoms with E-state index in [0.29, 0.717) is 0 Å². The zero-order valence-corrected chi connectivity index (χ0v) is 9.15. The fourth-order valence-corrected chi connectivity index (χ4v) is 1.76. The molecule has 0 fully saturated rings. The Hall–Kier alpha value is -1.63. The zero-order valence-electron chi connectivity index (χ0n) is 9.15. The lowest BCUT2D eigenvalue weighted by molar-refractivity contribution is -0.140. The lowest BCUT2D eigenvalue weighted by Gasteiger charge is -2.09. The fraction of sp³-hybridized carbons (Fsp3) is 0.400. The van der Waals surface area contributed by atoms with Gasteiger partial charge in [0.05, 0.1) is 11.0 Å². The summed E-state index contributed by atoms with van der Waals surface area (Å²) in [6, 6.07) is 1.39. The van der Waals surface area contributed by atoms with Crippen LogP contribution in [0.4, 0.5) is 13.2 Å². The van der Waals surface area contributed by atoms with Crippen molar-refractivity contribution in [2.45, 2.75) is 19.2 Å². The normalized spacial score (nSPS) is 14.2. The molecular weight excluding hydrogens is 235 g/mol. The Morgan fingerprint density at radius 2 is 2.06 bits per heavy atom. The molecular formula is C10H10F3N3O. The van der Waals surface area contributed by atoms with E-state index in [1.807, 2.05) is 0 Å². The predicted molar refractivity (Wildman–Crippen MR) is 54.1 cm³/mol. The van der Waals surface area contributed by atoms with E-state index in [-0.39, 0.29) is 16.9 Å². The smallest absolute Gasteiger partial charge is 0.385 e. The van der Waals surface area contributed by atoms with E-state index < -0.39 is 18.0 Å². The van der Waals surface area contributed by atoms with Crippen LogP contribution in [0.5, 0.6) is 0 Å². The zero-order chi connectivity index (χ0) is 12.8. The highest BCUT2D eigenvalue weighted by Crippen LogP contribution is 2.33. The number of aryl methyl sites for hydroxylation is 1. The Morgan fingerprint density at radius 3 is 2.59 bits per heavy atom. The second-order valence-corrected chi connectivity index (χ2v) is 3.73. The van der Waals surface area contributed by atoms with E-state index in [2.05, 4.69) is 9.97 Å². The number of imidazole rings is 1. The summed E-state index contributed by atoms with van der Waals surface area (Å²) in [6.07, 6.45) is -4.42. The highest BCUT2D eigenvalue weighted by Gasteiger charge is 2.36. The summed E-state index contributed by atoms with van der Waals surface area (Å²) < 4.78 is 39.4. The second kappa shape index (κ2) is 3.69. The van der Waals surface area contributed by atoms with Crippen LogP contribution in [0.1, 0.15) is 24.5 Å². The number of halogens is 3. The number of aromatic nitrogens is 3. The molecule has 2 aromatic rings. The van der Waals surface area contributed by atoms with Crippen molar-refractivity contribution in [2.75, 3.05) is 0 Å². The standard InChI is InChI=1S/C10H10F3N3O/c1-5(17)9-15-6-3-4-14-8(10(11,12)13)7(6)16(9)2/h3-5,17H,1-2H3/t5-/m0/s1. The maximum Gasteiger partial charge on any atom is 0.435 e. The van der Waals surface area contributed by atoms with Gasteiger partial charge in [0.15, 0.2) is 5.69 Å². The molecule has 0 aliphatic rings. The van der Waals surface area contributed by atoms with Gasteiger partial charge < -0.3 is 9.67 Å². The summed E-state index contributed by atoms with van der Waals surface area (Å²) in [6.45, 7) is 1.45. The van der Waals surface area contributed by atoms with Crippen molar-refractivity contribution in [3.05, 3.63) is 23.8 Å². The Morgan fingerprint density at radius 1 is 1.41 bits per heavy atom. The maximum absolute atomic E-state index is 12.7. The van der Waals surface area contributed by atoms with Crippen molar-refractivity contribution in [2.24, 2.45) is 7.05 Å². The summed E-state index contributed by atoms with van der Waals surface area (Å²) in [5, 5.41) is 9.41.